The number of nitrogens with one attached hydrogen (secondary N) is 1. The molecule has 0 aromatic carbocycles. The SMILES string of the molecule is CNC(Cc1cccs1)C1C2CCCC21. The lowest BCUT2D eigenvalue weighted by Crippen LogP contribution is -2.31. The molecular weight excluding hydrogens is 202 g/mol. The van der Waals surface area contributed by atoms with Gasteiger partial charge in [0.15, 0.2) is 0 Å². The van der Waals surface area contributed by atoms with Gasteiger partial charge < -0.3 is 5.32 Å². The summed E-state index contributed by atoms with van der Waals surface area (Å²) in [6, 6.07) is 5.17. The molecule has 1 aromatic heterocycles. The highest BCUT2D eigenvalue weighted by Crippen LogP contribution is 2.59. The Balaban J connectivity index is 1.63. The molecule has 1 N–H and O–H groups in total. The van der Waals surface area contributed by atoms with E-state index in [0.717, 1.165) is 23.8 Å². The Labute approximate surface area is 95.9 Å². The second kappa shape index (κ2) is 3.91. The van der Waals surface area contributed by atoms with Gasteiger partial charge in [-0.3, -0.25) is 0 Å². The van der Waals surface area contributed by atoms with Gasteiger partial charge in [0.05, 0.1) is 0 Å². The lowest BCUT2D eigenvalue weighted by atomic mass is 10.0. The smallest absolute Gasteiger partial charge is 0.0146 e. The van der Waals surface area contributed by atoms with Crippen LogP contribution in [0.2, 0.25) is 0 Å². The van der Waals surface area contributed by atoms with E-state index in [4.69, 9.17) is 0 Å². The fourth-order valence-electron chi connectivity index (χ4n) is 3.55. The lowest BCUT2D eigenvalue weighted by Gasteiger charge is -2.17. The summed E-state index contributed by atoms with van der Waals surface area (Å²) >= 11 is 1.90. The molecule has 2 aliphatic rings. The van der Waals surface area contributed by atoms with Crippen molar-refractivity contribution in [2.24, 2.45) is 17.8 Å². The monoisotopic (exact) mass is 221 g/mol. The molecule has 0 bridgehead atoms. The summed E-state index contributed by atoms with van der Waals surface area (Å²) in [6.07, 6.45) is 5.73. The molecule has 3 rings (SSSR count). The summed E-state index contributed by atoms with van der Waals surface area (Å²) in [7, 11) is 2.13. The molecule has 0 amide bonds. The standard InChI is InChI=1S/C13H19NS/c1-14-12(8-9-4-3-7-15-9)13-10-5-2-6-11(10)13/h3-4,7,10-14H,2,5-6,8H2,1H3. The van der Waals surface area contributed by atoms with Crippen LogP contribution in [0.25, 0.3) is 0 Å². The first-order valence-corrected chi connectivity index (χ1v) is 6.98. The van der Waals surface area contributed by atoms with Gasteiger partial charge in [0.2, 0.25) is 0 Å². The third-order valence-corrected chi connectivity index (χ3v) is 5.21. The van der Waals surface area contributed by atoms with Gasteiger partial charge in [-0.25, -0.2) is 0 Å². The molecule has 1 aromatic rings. The average Bonchev–Trinajstić information content (AvgIpc) is 2.73. The second-order valence-corrected chi connectivity index (χ2v) is 6.05. The van der Waals surface area contributed by atoms with Crippen LogP contribution in [0.15, 0.2) is 17.5 Å². The van der Waals surface area contributed by atoms with Crippen LogP contribution in [0.4, 0.5) is 0 Å². The number of hydrogen-bond acceptors (Lipinski definition) is 2. The molecule has 2 heteroatoms. The van der Waals surface area contributed by atoms with Crippen LogP contribution in [0.5, 0.6) is 0 Å². The summed E-state index contributed by atoms with van der Waals surface area (Å²) in [4.78, 5) is 1.54. The summed E-state index contributed by atoms with van der Waals surface area (Å²) in [5, 5.41) is 5.73. The van der Waals surface area contributed by atoms with Gasteiger partial charge in [-0.15, -0.1) is 11.3 Å². The van der Waals surface area contributed by atoms with Gasteiger partial charge in [0.25, 0.3) is 0 Å². The van der Waals surface area contributed by atoms with Crippen LogP contribution in [0, 0.1) is 17.8 Å². The van der Waals surface area contributed by atoms with E-state index in [0.29, 0.717) is 0 Å². The van der Waals surface area contributed by atoms with Gasteiger partial charge in [-0.1, -0.05) is 12.5 Å². The van der Waals surface area contributed by atoms with Crippen LogP contribution in [-0.4, -0.2) is 13.1 Å². The maximum absolute atomic E-state index is 3.54. The van der Waals surface area contributed by atoms with Crippen molar-refractivity contribution < 1.29 is 0 Å². The first-order valence-electron chi connectivity index (χ1n) is 6.10. The zero-order valence-electron chi connectivity index (χ0n) is 9.28. The minimum atomic E-state index is 0.735. The zero-order chi connectivity index (χ0) is 10.3. The topological polar surface area (TPSA) is 12.0 Å². The number of thiophene rings is 1. The quantitative estimate of drug-likeness (QED) is 0.824. The number of likely N-dealkylation sites (N-methyl/N-ethyl adjacent to an activating group) is 1. The molecule has 2 aliphatic carbocycles. The molecule has 2 fully saturated rings. The number of hydrogen-bond donors (Lipinski definition) is 1. The number of fused-ring (bicyclic) bond motifs is 1. The van der Waals surface area contributed by atoms with Crippen LogP contribution in [0.1, 0.15) is 24.1 Å². The Morgan fingerprint density at radius 1 is 1.47 bits per heavy atom. The van der Waals surface area contributed by atoms with Gasteiger partial charge in [-0.2, -0.15) is 0 Å². The van der Waals surface area contributed by atoms with Gasteiger partial charge in [0, 0.05) is 10.9 Å². The highest BCUT2D eigenvalue weighted by atomic mass is 32.1. The van der Waals surface area contributed by atoms with Gasteiger partial charge in [-0.05, 0) is 55.5 Å². The van der Waals surface area contributed by atoms with Crippen LogP contribution in [0.3, 0.4) is 0 Å². The molecule has 0 spiro atoms. The summed E-state index contributed by atoms with van der Waals surface area (Å²) in [6.45, 7) is 0. The van der Waals surface area contributed by atoms with Crippen LogP contribution < -0.4 is 5.32 Å². The Morgan fingerprint density at radius 2 is 2.27 bits per heavy atom. The third kappa shape index (κ3) is 1.74. The summed E-state index contributed by atoms with van der Waals surface area (Å²) in [5.41, 5.74) is 0. The first-order chi connectivity index (χ1) is 7.40. The Hall–Kier alpha value is -0.340. The maximum Gasteiger partial charge on any atom is 0.0146 e. The van der Waals surface area contributed by atoms with Crippen molar-refractivity contribution in [1.29, 1.82) is 0 Å². The Kier molecular flexibility index (Phi) is 2.57. The van der Waals surface area contributed by atoms with E-state index in [-0.39, 0.29) is 0 Å². The van der Waals surface area contributed by atoms with Crippen molar-refractivity contribution in [3.8, 4) is 0 Å². The van der Waals surface area contributed by atoms with E-state index in [2.05, 4.69) is 29.9 Å². The van der Waals surface area contributed by atoms with Gasteiger partial charge in [0.1, 0.15) is 0 Å². The normalized spacial score (nSPS) is 35.1. The van der Waals surface area contributed by atoms with Crippen molar-refractivity contribution in [1.82, 2.24) is 5.32 Å². The molecule has 1 nitrogen and oxygen atoms in total. The van der Waals surface area contributed by atoms with E-state index < -0.39 is 0 Å². The molecule has 15 heavy (non-hydrogen) atoms. The third-order valence-electron chi connectivity index (χ3n) is 4.31. The van der Waals surface area contributed by atoms with Crippen molar-refractivity contribution in [3.63, 3.8) is 0 Å². The highest BCUT2D eigenvalue weighted by Gasteiger charge is 2.55. The van der Waals surface area contributed by atoms with E-state index in [1.807, 2.05) is 11.3 Å². The summed E-state index contributed by atoms with van der Waals surface area (Å²) < 4.78 is 0. The van der Waals surface area contributed by atoms with Crippen molar-refractivity contribution in [2.45, 2.75) is 31.7 Å². The number of rotatable bonds is 4. The molecule has 3 atom stereocenters. The zero-order valence-corrected chi connectivity index (χ0v) is 10.1. The van der Waals surface area contributed by atoms with E-state index in [1.54, 1.807) is 4.88 Å². The predicted octanol–water partition coefficient (Wildman–Crippen LogP) is 2.92. The van der Waals surface area contributed by atoms with Crippen LogP contribution in [-0.2, 0) is 6.42 Å². The fourth-order valence-corrected chi connectivity index (χ4v) is 4.31. The molecule has 0 aliphatic heterocycles. The van der Waals surface area contributed by atoms with Crippen molar-refractivity contribution in [3.05, 3.63) is 22.4 Å². The average molecular weight is 221 g/mol. The molecule has 1 heterocycles. The molecule has 2 saturated carbocycles. The van der Waals surface area contributed by atoms with E-state index >= 15 is 0 Å². The highest BCUT2D eigenvalue weighted by molar-refractivity contribution is 7.09. The summed E-state index contributed by atoms with van der Waals surface area (Å²) in [5.74, 6) is 3.13. The van der Waals surface area contributed by atoms with E-state index in [9.17, 15) is 0 Å². The fraction of sp³-hybridized carbons (Fsp3) is 0.692. The Morgan fingerprint density at radius 3 is 2.87 bits per heavy atom. The molecule has 0 saturated heterocycles. The lowest BCUT2D eigenvalue weighted by molar-refractivity contribution is 0.430. The predicted molar refractivity (Wildman–Crippen MR) is 65.2 cm³/mol. The maximum atomic E-state index is 3.54. The Bertz CT molecular complexity index is 309. The van der Waals surface area contributed by atoms with Crippen LogP contribution >= 0.6 is 11.3 Å². The van der Waals surface area contributed by atoms with Gasteiger partial charge >= 0.3 is 0 Å². The second-order valence-electron chi connectivity index (χ2n) is 5.01. The van der Waals surface area contributed by atoms with E-state index in [1.165, 1.54) is 25.7 Å². The van der Waals surface area contributed by atoms with Crippen molar-refractivity contribution >= 4 is 11.3 Å². The molecule has 0 radical (unpaired) electrons. The minimum Gasteiger partial charge on any atom is -0.316 e. The first kappa shape index (κ1) is 9.86. The minimum absolute atomic E-state index is 0.735. The largest absolute Gasteiger partial charge is 0.316 e. The molecule has 82 valence electrons. The van der Waals surface area contributed by atoms with Crippen molar-refractivity contribution in [2.75, 3.05) is 7.05 Å². The molecular formula is C13H19NS. The molecule has 3 unspecified atom stereocenters.